The molecule has 5 heteroatoms. The summed E-state index contributed by atoms with van der Waals surface area (Å²) in [5, 5.41) is 0. The van der Waals surface area contributed by atoms with Crippen LogP contribution < -0.4 is 0 Å². The van der Waals surface area contributed by atoms with E-state index in [1.807, 2.05) is 11.8 Å². The van der Waals surface area contributed by atoms with Crippen molar-refractivity contribution in [1.82, 2.24) is 9.88 Å². The van der Waals surface area contributed by atoms with Crippen LogP contribution in [0.15, 0.2) is 22.9 Å². The Hall–Kier alpha value is -0.940. The number of ether oxygens (including phenoxy) is 1. The number of pyridine rings is 1. The molecule has 0 N–H and O–H groups in total. The van der Waals surface area contributed by atoms with E-state index in [2.05, 4.69) is 20.9 Å². The van der Waals surface area contributed by atoms with Crippen LogP contribution in [0.25, 0.3) is 0 Å². The minimum Gasteiger partial charge on any atom is -0.377 e. The first-order chi connectivity index (χ1) is 8.56. The van der Waals surface area contributed by atoms with Gasteiger partial charge in [-0.3, -0.25) is 4.79 Å². The minimum atomic E-state index is -0.234. The molecule has 1 aromatic heterocycles. The van der Waals surface area contributed by atoms with E-state index >= 15 is 0 Å². The second-order valence-corrected chi connectivity index (χ2v) is 5.58. The van der Waals surface area contributed by atoms with E-state index < -0.39 is 0 Å². The number of nitrogens with zero attached hydrogens (tertiary/aromatic N) is 2. The summed E-state index contributed by atoms with van der Waals surface area (Å²) in [7, 11) is 1.70. The molecule has 2 heterocycles. The first-order valence-electron chi connectivity index (χ1n) is 6.01. The van der Waals surface area contributed by atoms with Crippen molar-refractivity contribution in [2.45, 2.75) is 25.4 Å². The van der Waals surface area contributed by atoms with Gasteiger partial charge in [0.05, 0.1) is 11.2 Å². The first-order valence-corrected chi connectivity index (χ1v) is 6.80. The van der Waals surface area contributed by atoms with Gasteiger partial charge >= 0.3 is 0 Å². The van der Waals surface area contributed by atoms with Gasteiger partial charge in [-0.2, -0.15) is 0 Å². The highest BCUT2D eigenvalue weighted by Gasteiger charge is 2.33. The molecular formula is C13H17BrN2O2. The molecule has 18 heavy (non-hydrogen) atoms. The number of amides is 1. The molecule has 1 aromatic rings. The molecule has 0 saturated carbocycles. The Labute approximate surface area is 115 Å². The van der Waals surface area contributed by atoms with Crippen LogP contribution in [-0.2, 0) is 4.74 Å². The number of carbonyl (C=O) groups excluding carboxylic acids is 1. The van der Waals surface area contributed by atoms with E-state index in [1.54, 1.807) is 25.4 Å². The summed E-state index contributed by atoms with van der Waals surface area (Å²) in [5.41, 5.74) is 0.376. The fourth-order valence-electron chi connectivity index (χ4n) is 2.26. The Balaban J connectivity index is 2.17. The number of aromatic nitrogens is 1. The standard InChI is InChI=1S/C13H17BrN2O2/c1-13(18-2)6-4-8-16(9-13)12(17)10-5-3-7-15-11(10)14/h3,5,7H,4,6,8-9H2,1-2H3. The molecular weight excluding hydrogens is 296 g/mol. The predicted octanol–water partition coefficient (Wildman–Crippen LogP) is 2.49. The van der Waals surface area contributed by atoms with Gasteiger partial charge in [0, 0.05) is 26.4 Å². The predicted molar refractivity (Wildman–Crippen MR) is 72.5 cm³/mol. The minimum absolute atomic E-state index is 0.0120. The second kappa shape index (κ2) is 5.36. The molecule has 0 radical (unpaired) electrons. The zero-order valence-corrected chi connectivity index (χ0v) is 12.2. The van der Waals surface area contributed by atoms with Gasteiger partial charge in [0.25, 0.3) is 5.91 Å². The van der Waals surface area contributed by atoms with Gasteiger partial charge in [-0.05, 0) is 47.8 Å². The van der Waals surface area contributed by atoms with Crippen LogP contribution in [0.4, 0.5) is 0 Å². The summed E-state index contributed by atoms with van der Waals surface area (Å²) in [5.74, 6) is 0.0120. The van der Waals surface area contributed by atoms with Gasteiger partial charge in [-0.25, -0.2) is 4.98 Å². The monoisotopic (exact) mass is 312 g/mol. The lowest BCUT2D eigenvalue weighted by Crippen LogP contribution is -2.49. The van der Waals surface area contributed by atoms with Crippen LogP contribution in [0, 0.1) is 0 Å². The summed E-state index contributed by atoms with van der Waals surface area (Å²) in [6, 6.07) is 3.57. The van der Waals surface area contributed by atoms with Crippen molar-refractivity contribution in [2.75, 3.05) is 20.2 Å². The van der Waals surface area contributed by atoms with Crippen LogP contribution in [0.3, 0.4) is 0 Å². The Bertz CT molecular complexity index is 452. The summed E-state index contributed by atoms with van der Waals surface area (Å²) in [6.07, 6.45) is 3.62. The number of piperidine rings is 1. The highest BCUT2D eigenvalue weighted by molar-refractivity contribution is 9.10. The van der Waals surface area contributed by atoms with Crippen molar-refractivity contribution in [3.05, 3.63) is 28.5 Å². The van der Waals surface area contributed by atoms with Crippen molar-refractivity contribution in [3.8, 4) is 0 Å². The lowest BCUT2D eigenvalue weighted by Gasteiger charge is -2.39. The van der Waals surface area contributed by atoms with Crippen molar-refractivity contribution < 1.29 is 9.53 Å². The molecule has 1 unspecified atom stereocenters. The Morgan fingerprint density at radius 1 is 1.61 bits per heavy atom. The third kappa shape index (κ3) is 2.72. The van der Waals surface area contributed by atoms with Gasteiger partial charge in [0.1, 0.15) is 4.60 Å². The zero-order chi connectivity index (χ0) is 13.2. The zero-order valence-electron chi connectivity index (χ0n) is 10.6. The molecule has 98 valence electrons. The average Bonchev–Trinajstić information content (AvgIpc) is 2.39. The quantitative estimate of drug-likeness (QED) is 0.788. The molecule has 1 atom stereocenters. The van der Waals surface area contributed by atoms with Crippen molar-refractivity contribution in [2.24, 2.45) is 0 Å². The van der Waals surface area contributed by atoms with Gasteiger partial charge in [-0.15, -0.1) is 0 Å². The fraction of sp³-hybridized carbons (Fsp3) is 0.538. The second-order valence-electron chi connectivity index (χ2n) is 4.83. The third-order valence-corrected chi connectivity index (χ3v) is 4.06. The van der Waals surface area contributed by atoms with Gasteiger partial charge in [-0.1, -0.05) is 0 Å². The number of rotatable bonds is 2. The fourth-order valence-corrected chi connectivity index (χ4v) is 2.68. The SMILES string of the molecule is COC1(C)CCCN(C(=O)c2cccnc2Br)C1. The van der Waals surface area contributed by atoms with Gasteiger partial charge in [0.2, 0.25) is 0 Å². The number of hydrogen-bond donors (Lipinski definition) is 0. The van der Waals surface area contributed by atoms with Crippen LogP contribution in [0.2, 0.25) is 0 Å². The van der Waals surface area contributed by atoms with Crippen molar-refractivity contribution in [1.29, 1.82) is 0 Å². The number of likely N-dealkylation sites (tertiary alicyclic amines) is 1. The topological polar surface area (TPSA) is 42.4 Å². The Morgan fingerprint density at radius 2 is 2.39 bits per heavy atom. The highest BCUT2D eigenvalue weighted by Crippen LogP contribution is 2.26. The molecule has 0 spiro atoms. The Kier molecular flexibility index (Phi) is 4.02. The molecule has 1 fully saturated rings. The van der Waals surface area contributed by atoms with Gasteiger partial charge < -0.3 is 9.64 Å². The smallest absolute Gasteiger partial charge is 0.256 e. The number of carbonyl (C=O) groups is 1. The summed E-state index contributed by atoms with van der Waals surface area (Å²) < 4.78 is 6.10. The van der Waals surface area contributed by atoms with Crippen LogP contribution in [0.5, 0.6) is 0 Å². The highest BCUT2D eigenvalue weighted by atomic mass is 79.9. The largest absolute Gasteiger partial charge is 0.377 e. The lowest BCUT2D eigenvalue weighted by atomic mass is 9.94. The molecule has 2 rings (SSSR count). The van der Waals surface area contributed by atoms with Crippen molar-refractivity contribution in [3.63, 3.8) is 0 Å². The molecule has 0 aliphatic carbocycles. The molecule has 0 aromatic carbocycles. The Morgan fingerprint density at radius 3 is 3.06 bits per heavy atom. The third-order valence-electron chi connectivity index (χ3n) is 3.43. The molecule has 4 nitrogen and oxygen atoms in total. The summed E-state index contributed by atoms with van der Waals surface area (Å²) >= 11 is 3.32. The summed E-state index contributed by atoms with van der Waals surface area (Å²) in [6.45, 7) is 3.45. The van der Waals surface area contributed by atoms with E-state index in [-0.39, 0.29) is 11.5 Å². The maximum absolute atomic E-state index is 12.4. The number of methoxy groups -OCH3 is 1. The van der Waals surface area contributed by atoms with E-state index in [1.165, 1.54) is 0 Å². The van der Waals surface area contributed by atoms with E-state index in [4.69, 9.17) is 4.74 Å². The number of halogens is 1. The molecule has 1 amide bonds. The van der Waals surface area contributed by atoms with Crippen molar-refractivity contribution >= 4 is 21.8 Å². The molecule has 1 aliphatic rings. The molecule has 0 bridgehead atoms. The molecule has 1 saturated heterocycles. The number of hydrogen-bond acceptors (Lipinski definition) is 3. The van der Waals surface area contributed by atoms with Gasteiger partial charge in [0.15, 0.2) is 0 Å². The van der Waals surface area contributed by atoms with E-state index in [9.17, 15) is 4.79 Å². The van der Waals surface area contributed by atoms with Crippen LogP contribution >= 0.6 is 15.9 Å². The van der Waals surface area contributed by atoms with Crippen LogP contribution in [-0.4, -0.2) is 41.6 Å². The van der Waals surface area contributed by atoms with Crippen LogP contribution in [0.1, 0.15) is 30.1 Å². The summed E-state index contributed by atoms with van der Waals surface area (Å²) in [4.78, 5) is 18.4. The van der Waals surface area contributed by atoms with E-state index in [0.717, 1.165) is 19.4 Å². The normalized spacial score (nSPS) is 24.1. The van der Waals surface area contributed by atoms with E-state index in [0.29, 0.717) is 16.7 Å². The lowest BCUT2D eigenvalue weighted by molar-refractivity contribution is -0.0440. The molecule has 1 aliphatic heterocycles. The maximum Gasteiger partial charge on any atom is 0.256 e. The average molecular weight is 313 g/mol. The first kappa shape index (κ1) is 13.5. The maximum atomic E-state index is 12.4.